The van der Waals surface area contributed by atoms with Crippen LogP contribution in [0.3, 0.4) is 0 Å². The summed E-state index contributed by atoms with van der Waals surface area (Å²) in [5, 5.41) is 10.4. The van der Waals surface area contributed by atoms with Gasteiger partial charge in [-0.3, -0.25) is 0 Å². The Morgan fingerprint density at radius 1 is 0.913 bits per heavy atom. The zero-order chi connectivity index (χ0) is 16.9. The van der Waals surface area contributed by atoms with E-state index in [1.165, 1.54) is 5.56 Å². The Morgan fingerprint density at radius 2 is 1.57 bits per heavy atom. The first-order valence-electron chi connectivity index (χ1n) is 7.73. The monoisotopic (exact) mass is 318 g/mol. The van der Waals surface area contributed by atoms with Crippen LogP contribution in [0.15, 0.2) is 48.5 Å². The molecule has 0 aliphatic rings. The van der Waals surface area contributed by atoms with Crippen LogP contribution in [0, 0.1) is 30.2 Å². The largest absolute Gasteiger partial charge is 0.376 e. The molecule has 0 fully saturated rings. The molecule has 0 saturated carbocycles. The summed E-state index contributed by atoms with van der Waals surface area (Å²) in [6.45, 7) is 8.54. The number of aliphatic hydroxyl groups excluding tert-OH is 1. The van der Waals surface area contributed by atoms with Gasteiger partial charge in [0.2, 0.25) is 0 Å². The van der Waals surface area contributed by atoms with Gasteiger partial charge in [0, 0.05) is 16.7 Å². The number of hydrogen-bond donors (Lipinski definition) is 1. The first-order valence-corrected chi connectivity index (χ1v) is 11.2. The lowest BCUT2D eigenvalue weighted by atomic mass is 10.0. The maximum atomic E-state index is 10.4. The molecule has 116 valence electrons. The third-order valence-electron chi connectivity index (χ3n) is 3.23. The van der Waals surface area contributed by atoms with Crippen molar-refractivity contribution in [3.63, 3.8) is 0 Å². The van der Waals surface area contributed by atoms with Crippen molar-refractivity contribution in [3.05, 3.63) is 70.8 Å². The quantitative estimate of drug-likeness (QED) is 0.613. The van der Waals surface area contributed by atoms with Crippen LogP contribution < -0.4 is 0 Å². The number of aryl methyl sites for hydroxylation is 1. The van der Waals surface area contributed by atoms with Crippen LogP contribution in [0.1, 0.15) is 28.4 Å². The highest BCUT2D eigenvalue weighted by molar-refractivity contribution is 6.83. The molecule has 1 unspecified atom stereocenters. The zero-order valence-electron chi connectivity index (χ0n) is 14.1. The van der Waals surface area contributed by atoms with Gasteiger partial charge in [0.1, 0.15) is 14.2 Å². The maximum Gasteiger partial charge on any atom is 0.140 e. The Balaban J connectivity index is 2.31. The number of benzene rings is 2. The van der Waals surface area contributed by atoms with Crippen molar-refractivity contribution in [2.45, 2.75) is 32.7 Å². The molecular weight excluding hydrogens is 296 g/mol. The number of hydrogen-bond acceptors (Lipinski definition) is 1. The second kappa shape index (κ2) is 7.33. The van der Waals surface area contributed by atoms with E-state index in [1.54, 1.807) is 0 Å². The van der Waals surface area contributed by atoms with E-state index in [2.05, 4.69) is 49.9 Å². The van der Waals surface area contributed by atoms with Gasteiger partial charge >= 0.3 is 0 Å². The summed E-state index contributed by atoms with van der Waals surface area (Å²) in [6.07, 6.45) is -0.787. The van der Waals surface area contributed by atoms with Crippen LogP contribution in [0.2, 0.25) is 19.6 Å². The Labute approximate surface area is 140 Å². The van der Waals surface area contributed by atoms with Gasteiger partial charge in [0.25, 0.3) is 0 Å². The van der Waals surface area contributed by atoms with E-state index in [0.717, 1.165) is 16.7 Å². The molecule has 2 aromatic carbocycles. The van der Waals surface area contributed by atoms with Crippen LogP contribution >= 0.6 is 0 Å². The molecule has 1 N–H and O–H groups in total. The Morgan fingerprint density at radius 3 is 2.22 bits per heavy atom. The van der Waals surface area contributed by atoms with Gasteiger partial charge in [-0.15, -0.1) is 5.54 Å². The van der Waals surface area contributed by atoms with Crippen LogP contribution in [-0.2, 0) is 0 Å². The molecule has 23 heavy (non-hydrogen) atoms. The Kier molecular flexibility index (Phi) is 5.45. The van der Waals surface area contributed by atoms with Gasteiger partial charge in [0.05, 0.1) is 0 Å². The van der Waals surface area contributed by atoms with Crippen molar-refractivity contribution < 1.29 is 5.11 Å². The molecule has 2 heteroatoms. The molecule has 0 aliphatic heterocycles. The summed E-state index contributed by atoms with van der Waals surface area (Å²) in [7, 11) is -1.50. The van der Waals surface area contributed by atoms with Gasteiger partial charge in [-0.1, -0.05) is 73.3 Å². The van der Waals surface area contributed by atoms with Crippen molar-refractivity contribution in [1.29, 1.82) is 0 Å². The van der Waals surface area contributed by atoms with E-state index in [9.17, 15) is 5.11 Å². The van der Waals surface area contributed by atoms with Crippen LogP contribution in [-0.4, -0.2) is 13.2 Å². The van der Waals surface area contributed by atoms with E-state index in [4.69, 9.17) is 0 Å². The van der Waals surface area contributed by atoms with E-state index in [-0.39, 0.29) is 0 Å². The smallest absolute Gasteiger partial charge is 0.140 e. The minimum Gasteiger partial charge on any atom is -0.376 e. The molecule has 0 aromatic heterocycles. The van der Waals surface area contributed by atoms with Crippen molar-refractivity contribution in [3.8, 4) is 23.3 Å². The number of aliphatic hydroxyl groups is 1. The maximum absolute atomic E-state index is 10.4. The minimum atomic E-state index is -1.50. The van der Waals surface area contributed by atoms with Crippen LogP contribution in [0.25, 0.3) is 0 Å². The van der Waals surface area contributed by atoms with E-state index in [0.29, 0.717) is 0 Å². The topological polar surface area (TPSA) is 20.2 Å². The SMILES string of the molecule is Cc1ccc(C#Cc2ccccc2C(O)C#C[Si](C)(C)C)cc1. The van der Waals surface area contributed by atoms with E-state index in [1.807, 2.05) is 48.5 Å². The normalized spacial score (nSPS) is 11.7. The number of rotatable bonds is 1. The lowest BCUT2D eigenvalue weighted by molar-refractivity contribution is 0.238. The average Bonchev–Trinajstić information content (AvgIpc) is 2.52. The lowest BCUT2D eigenvalue weighted by Gasteiger charge is -2.09. The van der Waals surface area contributed by atoms with Gasteiger partial charge in [-0.05, 0) is 25.1 Å². The highest BCUT2D eigenvalue weighted by Gasteiger charge is 2.11. The van der Waals surface area contributed by atoms with Gasteiger partial charge < -0.3 is 5.11 Å². The molecule has 0 aliphatic carbocycles. The summed E-state index contributed by atoms with van der Waals surface area (Å²) in [5.41, 5.74) is 7.00. The third-order valence-corrected chi connectivity index (χ3v) is 4.13. The molecule has 1 nitrogen and oxygen atoms in total. The second-order valence-electron chi connectivity index (χ2n) is 6.63. The fourth-order valence-electron chi connectivity index (χ4n) is 1.99. The molecule has 1 atom stereocenters. The molecule has 0 amide bonds. The highest BCUT2D eigenvalue weighted by atomic mass is 28.3. The van der Waals surface area contributed by atoms with E-state index >= 15 is 0 Å². The highest BCUT2D eigenvalue weighted by Crippen LogP contribution is 2.17. The summed E-state index contributed by atoms with van der Waals surface area (Å²) in [5.74, 6) is 9.30. The van der Waals surface area contributed by atoms with Gasteiger partial charge in [-0.2, -0.15) is 0 Å². The van der Waals surface area contributed by atoms with Gasteiger partial charge in [-0.25, -0.2) is 0 Å². The molecule has 0 spiro atoms. The first-order chi connectivity index (χ1) is 10.8. The average molecular weight is 318 g/mol. The standard InChI is InChI=1S/C21H22OSi/c1-17-9-11-18(12-10-17)13-14-19-7-5-6-8-20(19)21(22)15-16-23(2,3)4/h5-12,21-22H,1-4H3. The second-order valence-corrected chi connectivity index (χ2v) is 11.4. The van der Waals surface area contributed by atoms with Crippen molar-refractivity contribution in [2.24, 2.45) is 0 Å². The molecule has 2 aromatic rings. The Hall–Kier alpha value is -2.26. The molecule has 0 bridgehead atoms. The van der Waals surface area contributed by atoms with Gasteiger partial charge in [0.15, 0.2) is 0 Å². The summed E-state index contributed by atoms with van der Waals surface area (Å²) >= 11 is 0. The zero-order valence-corrected chi connectivity index (χ0v) is 15.1. The molecule has 0 saturated heterocycles. The summed E-state index contributed by atoms with van der Waals surface area (Å²) in [4.78, 5) is 0. The third kappa shape index (κ3) is 5.46. The van der Waals surface area contributed by atoms with E-state index < -0.39 is 14.2 Å². The first kappa shape index (κ1) is 17.1. The van der Waals surface area contributed by atoms with Crippen molar-refractivity contribution in [2.75, 3.05) is 0 Å². The minimum absolute atomic E-state index is 0.776. The molecule has 0 heterocycles. The van der Waals surface area contributed by atoms with Crippen molar-refractivity contribution >= 4 is 8.07 Å². The van der Waals surface area contributed by atoms with Crippen molar-refractivity contribution in [1.82, 2.24) is 0 Å². The van der Waals surface area contributed by atoms with Crippen LogP contribution in [0.5, 0.6) is 0 Å². The molecular formula is C21H22OSi. The molecule has 0 radical (unpaired) electrons. The predicted octanol–water partition coefficient (Wildman–Crippen LogP) is 4.31. The Bertz CT molecular complexity index is 790. The van der Waals surface area contributed by atoms with Crippen LogP contribution in [0.4, 0.5) is 0 Å². The fourth-order valence-corrected chi connectivity index (χ4v) is 2.56. The summed E-state index contributed by atoms with van der Waals surface area (Å²) < 4.78 is 0. The molecule has 2 rings (SSSR count). The lowest BCUT2D eigenvalue weighted by Crippen LogP contribution is -2.17. The fraction of sp³-hybridized carbons (Fsp3) is 0.238. The summed E-state index contributed by atoms with van der Waals surface area (Å²) in [6, 6.07) is 15.8. The predicted molar refractivity (Wildman–Crippen MR) is 99.7 cm³/mol.